The lowest BCUT2D eigenvalue weighted by Crippen LogP contribution is -2.33. The Morgan fingerprint density at radius 1 is 1.07 bits per heavy atom. The van der Waals surface area contributed by atoms with Crippen molar-refractivity contribution < 1.29 is 14.3 Å². The van der Waals surface area contributed by atoms with Gasteiger partial charge in [-0.05, 0) is 23.5 Å². The molecular formula is C22H17N3O3. The van der Waals surface area contributed by atoms with Gasteiger partial charge in [0.2, 0.25) is 0 Å². The first-order valence-electron chi connectivity index (χ1n) is 8.80. The van der Waals surface area contributed by atoms with E-state index in [1.54, 1.807) is 0 Å². The van der Waals surface area contributed by atoms with Gasteiger partial charge in [0.15, 0.2) is 6.61 Å². The quantitative estimate of drug-likeness (QED) is 0.311. The van der Waals surface area contributed by atoms with E-state index in [0.717, 1.165) is 16.8 Å². The monoisotopic (exact) mass is 371 g/mol. The van der Waals surface area contributed by atoms with E-state index in [2.05, 4.69) is 4.98 Å². The predicted octanol–water partition coefficient (Wildman–Crippen LogP) is 3.60. The van der Waals surface area contributed by atoms with E-state index in [-0.39, 0.29) is 12.4 Å². The first-order valence-corrected chi connectivity index (χ1v) is 8.80. The molecule has 2 aromatic carbocycles. The van der Waals surface area contributed by atoms with Gasteiger partial charge in [-0.1, -0.05) is 48.5 Å². The Morgan fingerprint density at radius 3 is 2.61 bits per heavy atom. The van der Waals surface area contributed by atoms with Gasteiger partial charge in [0.25, 0.3) is 0 Å². The molecule has 0 unspecified atom stereocenters. The second kappa shape index (κ2) is 7.44. The Balaban J connectivity index is 1.78. The Labute approximate surface area is 161 Å². The number of aromatic nitrogens is 3. The van der Waals surface area contributed by atoms with E-state index in [9.17, 15) is 10.0 Å². The van der Waals surface area contributed by atoms with Crippen LogP contribution in [0.1, 0.15) is 21.7 Å². The van der Waals surface area contributed by atoms with Crippen LogP contribution >= 0.6 is 0 Å². The summed E-state index contributed by atoms with van der Waals surface area (Å²) in [6.07, 6.45) is 2.80. The number of hydrogen-bond acceptors (Lipinski definition) is 5. The first-order chi connectivity index (χ1) is 13.6. The third-order valence-corrected chi connectivity index (χ3v) is 4.51. The molecule has 0 spiro atoms. The summed E-state index contributed by atoms with van der Waals surface area (Å²) >= 11 is 0. The van der Waals surface area contributed by atoms with Crippen LogP contribution in [0.4, 0.5) is 0 Å². The first kappa shape index (κ1) is 17.6. The third kappa shape index (κ3) is 3.27. The van der Waals surface area contributed by atoms with Crippen molar-refractivity contribution in [3.63, 3.8) is 0 Å². The van der Waals surface area contributed by atoms with E-state index in [4.69, 9.17) is 9.72 Å². The van der Waals surface area contributed by atoms with Gasteiger partial charge >= 0.3 is 11.8 Å². The number of carbonyl (C=O) groups is 1. The zero-order valence-electron chi connectivity index (χ0n) is 15.2. The smallest absolute Gasteiger partial charge is 0.339 e. The molecule has 0 aliphatic carbocycles. The highest BCUT2D eigenvalue weighted by molar-refractivity contribution is 6.06. The number of pyridine rings is 1. The standard InChI is InChI=1S/C22H17N3O3/c1-15-20(22(26)28-14-19-23-12-7-13-25(19)27)17-10-5-6-11-18(17)24-21(15)16-8-3-2-4-9-16/h2-13H,14H2,1H3. The average molecular weight is 371 g/mol. The molecule has 2 heterocycles. The number of hydrogen-bond donors (Lipinski definition) is 0. The summed E-state index contributed by atoms with van der Waals surface area (Å²) in [6.45, 7) is 1.65. The number of nitrogens with zero attached hydrogens (tertiary/aromatic N) is 3. The summed E-state index contributed by atoms with van der Waals surface area (Å²) in [5.74, 6) is -0.394. The predicted molar refractivity (Wildman–Crippen MR) is 104 cm³/mol. The van der Waals surface area contributed by atoms with Crippen molar-refractivity contribution in [3.8, 4) is 11.3 Å². The summed E-state index contributed by atoms with van der Waals surface area (Å²) < 4.78 is 6.01. The number of carbonyl (C=O) groups excluding carboxylic acids is 1. The number of esters is 1. The lowest BCUT2D eigenvalue weighted by molar-refractivity contribution is -0.620. The van der Waals surface area contributed by atoms with Crippen molar-refractivity contribution in [2.45, 2.75) is 13.5 Å². The molecule has 0 atom stereocenters. The largest absolute Gasteiger partial charge is 0.711 e. The van der Waals surface area contributed by atoms with Gasteiger partial charge < -0.3 is 9.94 Å². The lowest BCUT2D eigenvalue weighted by atomic mass is 9.98. The molecule has 6 nitrogen and oxygen atoms in total. The molecule has 0 aliphatic rings. The minimum atomic E-state index is -0.515. The fraction of sp³-hybridized carbons (Fsp3) is 0.0909. The van der Waals surface area contributed by atoms with E-state index in [1.165, 1.54) is 18.5 Å². The number of rotatable bonds is 4. The Hall–Kier alpha value is -3.80. The molecule has 0 aliphatic heterocycles. The number of fused-ring (bicyclic) bond motifs is 1. The molecule has 6 heteroatoms. The summed E-state index contributed by atoms with van der Waals surface area (Å²) in [5, 5.41) is 12.4. The highest BCUT2D eigenvalue weighted by Crippen LogP contribution is 2.30. The van der Waals surface area contributed by atoms with Gasteiger partial charge in [-0.15, -0.1) is 0 Å². The molecule has 0 amide bonds. The van der Waals surface area contributed by atoms with Gasteiger partial charge in [-0.3, -0.25) is 0 Å². The van der Waals surface area contributed by atoms with Crippen molar-refractivity contribution >= 4 is 16.9 Å². The molecule has 0 saturated carbocycles. The second-order valence-corrected chi connectivity index (χ2v) is 6.28. The third-order valence-electron chi connectivity index (χ3n) is 4.51. The minimum absolute atomic E-state index is 0.121. The lowest BCUT2D eigenvalue weighted by Gasteiger charge is -2.14. The molecule has 0 N–H and O–H groups in total. The maximum atomic E-state index is 13.0. The summed E-state index contributed by atoms with van der Waals surface area (Å²) in [7, 11) is 0. The molecular weight excluding hydrogens is 354 g/mol. The minimum Gasteiger partial charge on any atom is -0.711 e. The molecule has 0 bridgehead atoms. The zero-order chi connectivity index (χ0) is 19.5. The van der Waals surface area contributed by atoms with E-state index >= 15 is 0 Å². The second-order valence-electron chi connectivity index (χ2n) is 6.28. The Morgan fingerprint density at radius 2 is 1.82 bits per heavy atom. The molecule has 0 radical (unpaired) electrons. The zero-order valence-corrected chi connectivity index (χ0v) is 15.2. The highest BCUT2D eigenvalue weighted by atomic mass is 16.5. The maximum absolute atomic E-state index is 13.0. The van der Waals surface area contributed by atoms with Crippen LogP contribution in [-0.2, 0) is 11.3 Å². The average Bonchev–Trinajstić information content (AvgIpc) is 2.73. The molecule has 138 valence electrons. The normalized spacial score (nSPS) is 10.8. The van der Waals surface area contributed by atoms with Gasteiger partial charge in [-0.25, -0.2) is 14.5 Å². The van der Waals surface area contributed by atoms with E-state index < -0.39 is 5.97 Å². The molecule has 0 fully saturated rings. The highest BCUT2D eigenvalue weighted by Gasteiger charge is 2.21. The van der Waals surface area contributed by atoms with E-state index in [0.29, 0.717) is 21.2 Å². The van der Waals surface area contributed by atoms with Crippen LogP contribution in [0, 0.1) is 12.1 Å². The van der Waals surface area contributed by atoms with Crippen LogP contribution < -0.4 is 4.73 Å². The van der Waals surface area contributed by atoms with Crippen LogP contribution in [-0.4, -0.2) is 15.9 Å². The Bertz CT molecular complexity index is 1160. The molecule has 2 aromatic heterocycles. The molecule has 0 saturated heterocycles. The number of benzene rings is 2. The molecule has 28 heavy (non-hydrogen) atoms. The van der Waals surface area contributed by atoms with Gasteiger partial charge in [0, 0.05) is 17.0 Å². The van der Waals surface area contributed by atoms with E-state index in [1.807, 2.05) is 61.5 Å². The van der Waals surface area contributed by atoms with Crippen molar-refractivity contribution in [1.29, 1.82) is 0 Å². The molecule has 4 rings (SSSR count). The van der Waals surface area contributed by atoms with Crippen molar-refractivity contribution in [2.75, 3.05) is 0 Å². The van der Waals surface area contributed by atoms with Crippen LogP contribution in [0.25, 0.3) is 22.2 Å². The number of para-hydroxylation sites is 1. The summed E-state index contributed by atoms with van der Waals surface area (Å²) in [4.78, 5) is 21.7. The fourth-order valence-electron chi connectivity index (χ4n) is 3.14. The topological polar surface area (TPSA) is 79.0 Å². The molecule has 4 aromatic rings. The van der Waals surface area contributed by atoms with Crippen LogP contribution in [0.5, 0.6) is 0 Å². The fourth-order valence-corrected chi connectivity index (χ4v) is 3.14. The SMILES string of the molecule is Cc1c(-c2ccccc2)nc2ccccc2c1C(=O)OCc1nccc[n+]1[O-]. The Kier molecular flexibility index (Phi) is 4.68. The van der Waals surface area contributed by atoms with Crippen LogP contribution in [0.2, 0.25) is 0 Å². The van der Waals surface area contributed by atoms with Crippen molar-refractivity contribution in [3.05, 3.63) is 95.2 Å². The number of ether oxygens (including phenoxy) is 1. The van der Waals surface area contributed by atoms with Gasteiger partial charge in [-0.2, -0.15) is 0 Å². The van der Waals surface area contributed by atoms with Gasteiger partial charge in [0.1, 0.15) is 6.20 Å². The van der Waals surface area contributed by atoms with Gasteiger partial charge in [0.05, 0.1) is 23.0 Å². The summed E-state index contributed by atoms with van der Waals surface area (Å²) in [5.41, 5.74) is 3.52. The van der Waals surface area contributed by atoms with Crippen LogP contribution in [0.3, 0.4) is 0 Å². The maximum Gasteiger partial charge on any atom is 0.339 e. The van der Waals surface area contributed by atoms with Crippen LogP contribution in [0.15, 0.2) is 73.1 Å². The summed E-state index contributed by atoms with van der Waals surface area (Å²) in [6, 6.07) is 18.6. The van der Waals surface area contributed by atoms with Crippen molar-refractivity contribution in [2.24, 2.45) is 0 Å². The van der Waals surface area contributed by atoms with Crippen molar-refractivity contribution in [1.82, 2.24) is 9.97 Å².